The molecular weight excluding hydrogens is 280 g/mol. The van der Waals surface area contributed by atoms with Crippen molar-refractivity contribution >= 4 is 11.6 Å². The van der Waals surface area contributed by atoms with Gasteiger partial charge in [-0.3, -0.25) is 9.59 Å². The van der Waals surface area contributed by atoms with Crippen LogP contribution in [0.5, 0.6) is 0 Å². The van der Waals surface area contributed by atoms with E-state index >= 15 is 0 Å². The quantitative estimate of drug-likeness (QED) is 0.584. The van der Waals surface area contributed by atoms with Crippen LogP contribution in [-0.2, 0) is 19.1 Å². The van der Waals surface area contributed by atoms with Gasteiger partial charge in [-0.25, -0.2) is 0 Å². The van der Waals surface area contributed by atoms with E-state index in [-0.39, 0.29) is 47.8 Å². The molecule has 1 saturated carbocycles. The van der Waals surface area contributed by atoms with Gasteiger partial charge in [0.2, 0.25) is 0 Å². The van der Waals surface area contributed by atoms with Crippen molar-refractivity contribution in [1.29, 1.82) is 0 Å². The Morgan fingerprint density at radius 3 is 1.73 bits per heavy atom. The highest BCUT2D eigenvalue weighted by Crippen LogP contribution is 2.59. The molecule has 22 heavy (non-hydrogen) atoms. The lowest BCUT2D eigenvalue weighted by Crippen LogP contribution is -2.34. The average Bonchev–Trinajstić information content (AvgIpc) is 2.97. The fourth-order valence-electron chi connectivity index (χ4n) is 5.12. The van der Waals surface area contributed by atoms with Crippen LogP contribution in [0.3, 0.4) is 0 Å². The first-order valence-electron chi connectivity index (χ1n) is 7.95. The molecule has 3 heterocycles. The number of hydrogen-bond donors (Lipinski definition) is 0. The summed E-state index contributed by atoms with van der Waals surface area (Å²) in [6, 6.07) is 4.12. The SMILES string of the molecule is Cc1cc(C)c(C2C(=O)[C@@H]3[C@@H]4O[C@@H]([C@H]5O[C@H]54)[C@@H]3C2=O)c(C)c1. The molecule has 0 radical (unpaired) electrons. The Labute approximate surface area is 128 Å². The summed E-state index contributed by atoms with van der Waals surface area (Å²) >= 11 is 0. The Kier molecular flexibility index (Phi) is 2.28. The number of hydrogen-bond acceptors (Lipinski definition) is 4. The third-order valence-corrected chi connectivity index (χ3v) is 5.87. The molecule has 2 bridgehead atoms. The van der Waals surface area contributed by atoms with Gasteiger partial charge in [0.05, 0.1) is 24.0 Å². The molecule has 114 valence electrons. The number of ketones is 2. The van der Waals surface area contributed by atoms with Gasteiger partial charge in [-0.15, -0.1) is 0 Å². The number of carbonyl (C=O) groups is 2. The Balaban J connectivity index is 1.61. The number of Topliss-reactive ketones (excluding diaryl/α,β-unsaturated/α-hetero) is 2. The summed E-state index contributed by atoms with van der Waals surface area (Å²) < 4.78 is 11.4. The molecule has 4 heteroatoms. The van der Waals surface area contributed by atoms with Crippen molar-refractivity contribution in [2.75, 3.05) is 0 Å². The van der Waals surface area contributed by atoms with E-state index in [0.717, 1.165) is 22.3 Å². The second-order valence-electron chi connectivity index (χ2n) is 7.23. The maximum Gasteiger partial charge on any atom is 0.154 e. The lowest BCUT2D eigenvalue weighted by atomic mass is 9.81. The van der Waals surface area contributed by atoms with Crippen LogP contribution in [0.2, 0.25) is 0 Å². The maximum atomic E-state index is 13.0. The van der Waals surface area contributed by atoms with Crippen molar-refractivity contribution in [2.24, 2.45) is 11.8 Å². The molecule has 1 aliphatic carbocycles. The van der Waals surface area contributed by atoms with Gasteiger partial charge >= 0.3 is 0 Å². The predicted octanol–water partition coefficient (Wildman–Crippen LogP) is 1.63. The van der Waals surface area contributed by atoms with Crippen LogP contribution in [0.15, 0.2) is 12.1 Å². The second kappa shape index (κ2) is 3.87. The van der Waals surface area contributed by atoms with E-state index in [0.29, 0.717) is 0 Å². The van der Waals surface area contributed by atoms with Crippen LogP contribution in [0.4, 0.5) is 0 Å². The van der Waals surface area contributed by atoms with Gasteiger partial charge in [-0.05, 0) is 37.5 Å². The van der Waals surface area contributed by atoms with Crippen molar-refractivity contribution in [2.45, 2.75) is 51.1 Å². The van der Waals surface area contributed by atoms with Crippen LogP contribution in [0.25, 0.3) is 0 Å². The van der Waals surface area contributed by atoms with E-state index in [4.69, 9.17) is 9.47 Å². The number of benzene rings is 1. The van der Waals surface area contributed by atoms with Crippen molar-refractivity contribution in [3.05, 3.63) is 34.4 Å². The largest absolute Gasteiger partial charge is 0.368 e. The fourth-order valence-corrected chi connectivity index (χ4v) is 5.12. The van der Waals surface area contributed by atoms with Crippen molar-refractivity contribution in [3.8, 4) is 0 Å². The first-order chi connectivity index (χ1) is 10.5. The van der Waals surface area contributed by atoms with Gasteiger partial charge < -0.3 is 9.47 Å². The predicted molar refractivity (Wildman–Crippen MR) is 77.7 cm³/mol. The molecule has 4 nitrogen and oxygen atoms in total. The van der Waals surface area contributed by atoms with Crippen LogP contribution < -0.4 is 0 Å². The second-order valence-corrected chi connectivity index (χ2v) is 7.23. The molecule has 3 saturated heterocycles. The molecule has 3 aliphatic heterocycles. The smallest absolute Gasteiger partial charge is 0.154 e. The zero-order chi connectivity index (χ0) is 15.3. The van der Waals surface area contributed by atoms with E-state index in [1.165, 1.54) is 0 Å². The summed E-state index contributed by atoms with van der Waals surface area (Å²) in [4.78, 5) is 26.0. The number of fused-ring (bicyclic) bond motifs is 8. The third-order valence-electron chi connectivity index (χ3n) is 5.87. The summed E-state index contributed by atoms with van der Waals surface area (Å²) in [5.41, 5.74) is 4.16. The topological polar surface area (TPSA) is 55.9 Å². The summed E-state index contributed by atoms with van der Waals surface area (Å²) in [6.45, 7) is 6.03. The minimum Gasteiger partial charge on any atom is -0.368 e. The number of ether oxygens (including phenoxy) is 2. The molecule has 5 rings (SSSR count). The summed E-state index contributed by atoms with van der Waals surface area (Å²) in [5, 5.41) is 0. The van der Waals surface area contributed by atoms with Crippen molar-refractivity contribution in [1.82, 2.24) is 0 Å². The number of epoxide rings is 1. The lowest BCUT2D eigenvalue weighted by molar-refractivity contribution is -0.128. The molecule has 0 N–H and O–H groups in total. The zero-order valence-corrected chi connectivity index (χ0v) is 12.8. The molecular formula is C18H18O4. The number of carbonyl (C=O) groups excluding carboxylic acids is 2. The first-order valence-corrected chi connectivity index (χ1v) is 7.95. The third kappa shape index (κ3) is 1.36. The van der Waals surface area contributed by atoms with Crippen LogP contribution in [-0.4, -0.2) is 36.0 Å². The Bertz CT molecular complexity index is 682. The van der Waals surface area contributed by atoms with Crippen LogP contribution in [0.1, 0.15) is 28.2 Å². The van der Waals surface area contributed by atoms with E-state index in [1.807, 2.05) is 20.8 Å². The molecule has 7 atom stereocenters. The lowest BCUT2D eigenvalue weighted by Gasteiger charge is -2.18. The van der Waals surface area contributed by atoms with Gasteiger partial charge in [-0.1, -0.05) is 17.7 Å². The van der Waals surface area contributed by atoms with Crippen molar-refractivity contribution < 1.29 is 19.1 Å². The number of aryl methyl sites for hydroxylation is 3. The van der Waals surface area contributed by atoms with Gasteiger partial charge in [-0.2, -0.15) is 0 Å². The van der Waals surface area contributed by atoms with Gasteiger partial charge in [0, 0.05) is 0 Å². The van der Waals surface area contributed by atoms with E-state index in [2.05, 4.69) is 12.1 Å². The molecule has 0 spiro atoms. The minimum absolute atomic E-state index is 0.0477. The normalized spacial score (nSPS) is 44.4. The van der Waals surface area contributed by atoms with E-state index in [1.54, 1.807) is 0 Å². The molecule has 1 aromatic rings. The van der Waals surface area contributed by atoms with E-state index in [9.17, 15) is 9.59 Å². The summed E-state index contributed by atoms with van der Waals surface area (Å²) in [7, 11) is 0. The Hall–Kier alpha value is -1.52. The average molecular weight is 298 g/mol. The molecule has 1 aromatic carbocycles. The molecule has 4 aliphatic rings. The van der Waals surface area contributed by atoms with Crippen LogP contribution in [0, 0.1) is 32.6 Å². The van der Waals surface area contributed by atoms with E-state index < -0.39 is 5.92 Å². The summed E-state index contributed by atoms with van der Waals surface area (Å²) in [5.74, 6) is -1.07. The van der Waals surface area contributed by atoms with Gasteiger partial charge in [0.1, 0.15) is 18.1 Å². The van der Waals surface area contributed by atoms with Crippen LogP contribution >= 0.6 is 0 Å². The minimum atomic E-state index is -0.595. The maximum absolute atomic E-state index is 13.0. The molecule has 0 amide bonds. The highest BCUT2D eigenvalue weighted by atomic mass is 16.7. The highest BCUT2D eigenvalue weighted by molar-refractivity contribution is 6.17. The van der Waals surface area contributed by atoms with Gasteiger partial charge in [0.15, 0.2) is 11.6 Å². The molecule has 1 unspecified atom stereocenters. The monoisotopic (exact) mass is 298 g/mol. The molecule has 0 aromatic heterocycles. The number of rotatable bonds is 1. The van der Waals surface area contributed by atoms with Crippen molar-refractivity contribution in [3.63, 3.8) is 0 Å². The standard InChI is InChI=1S/C18H18O4/c1-6-4-7(2)9(8(3)5-6)10-13(19)11-12(14(10)20)16-18-17(22-18)15(11)21-16/h4-5,10-12,15-18H,1-3H3/t10?,11-,12+,15+,16-,17+,18-. The first kappa shape index (κ1) is 13.0. The highest BCUT2D eigenvalue weighted by Gasteiger charge is 2.75. The Morgan fingerprint density at radius 1 is 0.773 bits per heavy atom. The fraction of sp³-hybridized carbons (Fsp3) is 0.556. The Morgan fingerprint density at radius 2 is 1.23 bits per heavy atom. The summed E-state index contributed by atoms with van der Waals surface area (Å²) in [6.07, 6.45) is -0.260. The molecule has 4 fully saturated rings. The zero-order valence-electron chi connectivity index (χ0n) is 12.8. The van der Waals surface area contributed by atoms with Gasteiger partial charge in [0.25, 0.3) is 0 Å².